The lowest BCUT2D eigenvalue weighted by Gasteiger charge is -2.05. The molecule has 7 heteroatoms. The number of amides is 1. The van der Waals surface area contributed by atoms with Crippen LogP contribution in [0.5, 0.6) is 0 Å². The Bertz CT molecular complexity index is 501. The van der Waals surface area contributed by atoms with E-state index in [9.17, 15) is 23.7 Å². The summed E-state index contributed by atoms with van der Waals surface area (Å²) in [4.78, 5) is 20.8. The highest BCUT2D eigenvalue weighted by molar-refractivity contribution is 6.00. The minimum Gasteiger partial charge on any atom is -0.314 e. The maximum Gasteiger partial charge on any atom is 0.296 e. The van der Waals surface area contributed by atoms with E-state index < -0.39 is 33.8 Å². The van der Waals surface area contributed by atoms with Gasteiger partial charge in [-0.3, -0.25) is 14.9 Å². The van der Waals surface area contributed by atoms with Crippen molar-refractivity contribution in [1.29, 1.82) is 0 Å². The number of halogens is 2. The average Bonchev–Trinajstić information content (AvgIpc) is 2.25. The Morgan fingerprint density at radius 3 is 2.65 bits per heavy atom. The van der Waals surface area contributed by atoms with E-state index in [0.717, 1.165) is 12.1 Å². The van der Waals surface area contributed by atoms with Crippen LogP contribution in [0.1, 0.15) is 6.92 Å². The molecule has 1 amide bonds. The Kier molecular flexibility index (Phi) is 3.86. The molecule has 0 aliphatic heterocycles. The molecule has 90 valence electrons. The van der Waals surface area contributed by atoms with Crippen LogP contribution in [0.3, 0.4) is 0 Å². The molecule has 0 aliphatic carbocycles. The minimum atomic E-state index is -1.46. The summed E-state index contributed by atoms with van der Waals surface area (Å²) in [6.07, 6.45) is 2.40. The van der Waals surface area contributed by atoms with Gasteiger partial charge in [0.25, 0.3) is 5.69 Å². The Hall–Kier alpha value is -2.31. The van der Waals surface area contributed by atoms with Gasteiger partial charge in [-0.2, -0.15) is 0 Å². The number of nitrogens with one attached hydrogen (secondary N) is 1. The van der Waals surface area contributed by atoms with Crippen LogP contribution in [-0.4, -0.2) is 10.8 Å². The number of benzene rings is 1. The Labute approximate surface area is 94.9 Å². The number of allylic oxidation sites excluding steroid dienone is 1. The molecule has 1 aromatic rings. The van der Waals surface area contributed by atoms with E-state index in [0.29, 0.717) is 6.07 Å². The summed E-state index contributed by atoms with van der Waals surface area (Å²) >= 11 is 0. The topological polar surface area (TPSA) is 72.2 Å². The van der Waals surface area contributed by atoms with E-state index >= 15 is 0 Å². The SMILES string of the molecule is C/C=C/C(=O)Nc1c([N+](=O)[O-])ccc(F)c1F. The quantitative estimate of drug-likeness (QED) is 0.502. The Balaban J connectivity index is 3.23. The predicted octanol–water partition coefficient (Wildman–Crippen LogP) is 2.39. The summed E-state index contributed by atoms with van der Waals surface area (Å²) in [6.45, 7) is 1.54. The monoisotopic (exact) mass is 242 g/mol. The first-order valence-electron chi connectivity index (χ1n) is 4.53. The Morgan fingerprint density at radius 2 is 2.12 bits per heavy atom. The zero-order valence-electron chi connectivity index (χ0n) is 8.74. The molecule has 0 saturated carbocycles. The van der Waals surface area contributed by atoms with Crippen molar-refractivity contribution in [2.75, 3.05) is 5.32 Å². The van der Waals surface area contributed by atoms with Crippen LogP contribution >= 0.6 is 0 Å². The predicted molar refractivity (Wildman–Crippen MR) is 56.5 cm³/mol. The van der Waals surface area contributed by atoms with Crippen LogP contribution in [0.15, 0.2) is 24.3 Å². The zero-order chi connectivity index (χ0) is 13.0. The number of nitrogens with zero attached hydrogens (tertiary/aromatic N) is 1. The van der Waals surface area contributed by atoms with Crippen molar-refractivity contribution in [1.82, 2.24) is 0 Å². The van der Waals surface area contributed by atoms with Crippen LogP contribution < -0.4 is 5.32 Å². The van der Waals surface area contributed by atoms with Crippen molar-refractivity contribution in [3.05, 3.63) is 46.0 Å². The van der Waals surface area contributed by atoms with Crippen LogP contribution in [-0.2, 0) is 4.79 Å². The number of carbonyl (C=O) groups is 1. The van der Waals surface area contributed by atoms with Crippen molar-refractivity contribution in [3.8, 4) is 0 Å². The van der Waals surface area contributed by atoms with Crippen LogP contribution in [0.2, 0.25) is 0 Å². The molecule has 0 aromatic heterocycles. The molecular weight excluding hydrogens is 234 g/mol. The number of nitro benzene ring substituents is 1. The molecule has 1 rings (SSSR count). The molecule has 0 aliphatic rings. The van der Waals surface area contributed by atoms with Gasteiger partial charge in [-0.05, 0) is 19.1 Å². The third kappa shape index (κ3) is 2.83. The molecule has 0 atom stereocenters. The van der Waals surface area contributed by atoms with Crippen molar-refractivity contribution < 1.29 is 18.5 Å². The molecule has 5 nitrogen and oxygen atoms in total. The lowest BCUT2D eigenvalue weighted by Crippen LogP contribution is -2.12. The van der Waals surface area contributed by atoms with Crippen molar-refractivity contribution >= 4 is 17.3 Å². The zero-order valence-corrected chi connectivity index (χ0v) is 8.74. The van der Waals surface area contributed by atoms with E-state index in [1.54, 1.807) is 0 Å². The summed E-state index contributed by atoms with van der Waals surface area (Å²) in [5.41, 5.74) is -1.49. The fourth-order valence-corrected chi connectivity index (χ4v) is 1.13. The first-order chi connectivity index (χ1) is 7.97. The van der Waals surface area contributed by atoms with Gasteiger partial charge in [-0.15, -0.1) is 0 Å². The van der Waals surface area contributed by atoms with Crippen LogP contribution in [0, 0.1) is 21.7 Å². The number of carbonyl (C=O) groups excluding carboxylic acids is 1. The van der Waals surface area contributed by atoms with Gasteiger partial charge in [-0.1, -0.05) is 6.08 Å². The number of anilines is 1. The summed E-state index contributed by atoms with van der Waals surface area (Å²) in [5.74, 6) is -3.51. The van der Waals surface area contributed by atoms with E-state index in [1.165, 1.54) is 13.0 Å². The fraction of sp³-hybridized carbons (Fsp3) is 0.100. The van der Waals surface area contributed by atoms with Gasteiger partial charge in [0.15, 0.2) is 17.3 Å². The molecule has 1 aromatic carbocycles. The summed E-state index contributed by atoms with van der Waals surface area (Å²) in [7, 11) is 0. The molecular formula is C10H8F2N2O3. The van der Waals surface area contributed by atoms with Gasteiger partial charge < -0.3 is 5.32 Å². The molecule has 17 heavy (non-hydrogen) atoms. The first-order valence-corrected chi connectivity index (χ1v) is 4.53. The molecule has 0 saturated heterocycles. The maximum atomic E-state index is 13.3. The minimum absolute atomic E-state index is 0.624. The number of hydrogen-bond donors (Lipinski definition) is 1. The van der Waals surface area contributed by atoms with Gasteiger partial charge in [0.05, 0.1) is 4.92 Å². The largest absolute Gasteiger partial charge is 0.314 e. The molecule has 0 unspecified atom stereocenters. The Morgan fingerprint density at radius 1 is 1.47 bits per heavy atom. The van der Waals surface area contributed by atoms with Crippen molar-refractivity contribution in [2.24, 2.45) is 0 Å². The second kappa shape index (κ2) is 5.15. The van der Waals surface area contributed by atoms with Crippen LogP contribution in [0.25, 0.3) is 0 Å². The van der Waals surface area contributed by atoms with Gasteiger partial charge >= 0.3 is 0 Å². The lowest BCUT2D eigenvalue weighted by atomic mass is 10.2. The van der Waals surface area contributed by atoms with Crippen molar-refractivity contribution in [2.45, 2.75) is 6.92 Å². The third-order valence-electron chi connectivity index (χ3n) is 1.84. The smallest absolute Gasteiger partial charge is 0.296 e. The van der Waals surface area contributed by atoms with Gasteiger partial charge in [-0.25, -0.2) is 8.78 Å². The standard InChI is InChI=1S/C10H8F2N2O3/c1-2-3-8(15)13-10-7(14(16)17)5-4-6(11)9(10)12/h2-5H,1H3,(H,13,15)/b3-2+. The molecule has 0 radical (unpaired) electrons. The van der Waals surface area contributed by atoms with E-state index in [-0.39, 0.29) is 0 Å². The molecule has 0 fully saturated rings. The van der Waals surface area contributed by atoms with E-state index in [1.807, 2.05) is 5.32 Å². The van der Waals surface area contributed by atoms with Crippen molar-refractivity contribution in [3.63, 3.8) is 0 Å². The van der Waals surface area contributed by atoms with E-state index in [4.69, 9.17) is 0 Å². The second-order valence-corrected chi connectivity index (χ2v) is 3.00. The molecule has 0 heterocycles. The fourth-order valence-electron chi connectivity index (χ4n) is 1.13. The summed E-state index contributed by atoms with van der Waals surface area (Å²) in [6, 6.07) is 1.41. The van der Waals surface area contributed by atoms with Gasteiger partial charge in [0, 0.05) is 6.07 Å². The van der Waals surface area contributed by atoms with E-state index in [2.05, 4.69) is 0 Å². The van der Waals surface area contributed by atoms with Crippen LogP contribution in [0.4, 0.5) is 20.2 Å². The second-order valence-electron chi connectivity index (χ2n) is 3.00. The number of rotatable bonds is 3. The molecule has 1 N–H and O–H groups in total. The van der Waals surface area contributed by atoms with Gasteiger partial charge in [0.1, 0.15) is 0 Å². The lowest BCUT2D eigenvalue weighted by molar-refractivity contribution is -0.384. The number of nitro groups is 1. The average molecular weight is 242 g/mol. The normalized spacial score (nSPS) is 10.5. The highest BCUT2D eigenvalue weighted by Crippen LogP contribution is 2.28. The highest BCUT2D eigenvalue weighted by atomic mass is 19.2. The molecule has 0 spiro atoms. The maximum absolute atomic E-state index is 13.3. The summed E-state index contributed by atoms with van der Waals surface area (Å²) in [5, 5.41) is 12.5. The summed E-state index contributed by atoms with van der Waals surface area (Å²) < 4.78 is 26.2. The first kappa shape index (κ1) is 12.8. The third-order valence-corrected chi connectivity index (χ3v) is 1.84. The molecule has 0 bridgehead atoms. The highest BCUT2D eigenvalue weighted by Gasteiger charge is 2.22. The number of hydrogen-bond acceptors (Lipinski definition) is 3. The van der Waals surface area contributed by atoms with Gasteiger partial charge in [0.2, 0.25) is 5.91 Å².